The normalized spacial score (nSPS) is 11.4. The van der Waals surface area contributed by atoms with Crippen molar-refractivity contribution in [3.63, 3.8) is 0 Å². The molecule has 58 valence electrons. The van der Waals surface area contributed by atoms with Crippen molar-refractivity contribution in [1.82, 2.24) is 0 Å². The summed E-state index contributed by atoms with van der Waals surface area (Å²) in [5.74, 6) is 0. The summed E-state index contributed by atoms with van der Waals surface area (Å²) in [4.78, 5) is 0.338. The smallest absolute Gasteiger partial charge is 0.177 e. The molecule has 0 aliphatic heterocycles. The molecule has 0 fully saturated rings. The highest BCUT2D eigenvalue weighted by Gasteiger charge is 2.07. The van der Waals surface area contributed by atoms with Gasteiger partial charge in [0.2, 0.25) is 0 Å². The van der Waals surface area contributed by atoms with E-state index < -0.39 is 9.84 Å². The van der Waals surface area contributed by atoms with E-state index in [1.165, 1.54) is 6.26 Å². The van der Waals surface area contributed by atoms with Crippen LogP contribution in [0.25, 0.3) is 0 Å². The fourth-order valence-corrected chi connectivity index (χ4v) is 1.37. The average Bonchev–Trinajstić information content (AvgIpc) is 1.86. The molecule has 0 aliphatic carbocycles. The summed E-state index contributed by atoms with van der Waals surface area (Å²) < 4.78 is 21.8. The van der Waals surface area contributed by atoms with E-state index in [9.17, 15) is 8.42 Å². The molecule has 2 nitrogen and oxygen atoms in total. The molecule has 0 bridgehead atoms. The summed E-state index contributed by atoms with van der Waals surface area (Å²) in [6.07, 6.45) is 1.19. The predicted octanol–water partition coefficient (Wildman–Crippen LogP) is 1.27. The molecule has 0 aromatic heterocycles. The second-order valence-corrected chi connectivity index (χ2v) is 4.43. The van der Waals surface area contributed by atoms with Crippen LogP contribution in [0.4, 0.5) is 0 Å². The Balaban J connectivity index is 3.20. The highest BCUT2D eigenvalue weighted by molar-refractivity contribution is 7.90. The van der Waals surface area contributed by atoms with Gasteiger partial charge in [0.05, 0.1) is 4.90 Å². The zero-order chi connectivity index (χ0) is 8.48. The molecule has 0 atom stereocenters. The van der Waals surface area contributed by atoms with Crippen LogP contribution in [-0.4, -0.2) is 14.7 Å². The van der Waals surface area contributed by atoms with Crippen molar-refractivity contribution in [3.05, 3.63) is 36.8 Å². The minimum absolute atomic E-state index is 0.338. The summed E-state index contributed by atoms with van der Waals surface area (Å²) in [5.41, 5.74) is 0.817. The third-order valence-electron chi connectivity index (χ3n) is 1.35. The van der Waals surface area contributed by atoms with Crippen LogP contribution in [0.2, 0.25) is 0 Å². The van der Waals surface area contributed by atoms with E-state index in [1.807, 2.05) is 0 Å². The number of sulfone groups is 1. The van der Waals surface area contributed by atoms with Crippen LogP contribution in [-0.2, 0) is 9.84 Å². The quantitative estimate of drug-likeness (QED) is 0.593. The molecule has 0 aliphatic rings. The summed E-state index contributed by atoms with van der Waals surface area (Å²) in [6, 6.07) is 6.46. The first-order chi connectivity index (χ1) is 5.00. The van der Waals surface area contributed by atoms with E-state index in [0.29, 0.717) is 4.90 Å². The Bertz CT molecular complexity index is 335. The van der Waals surface area contributed by atoms with Crippen molar-refractivity contribution in [1.29, 1.82) is 0 Å². The van der Waals surface area contributed by atoms with Crippen LogP contribution >= 0.6 is 0 Å². The Hall–Kier alpha value is -0.960. The number of rotatable bonds is 1. The Kier molecular flexibility index (Phi) is 1.91. The molecule has 11 heavy (non-hydrogen) atoms. The highest BCUT2D eigenvalue weighted by Crippen LogP contribution is 2.08. The summed E-state index contributed by atoms with van der Waals surface area (Å²) in [6.45, 7) is 3.65. The molecule has 0 saturated carbocycles. The molecule has 3 heteroatoms. The van der Waals surface area contributed by atoms with Gasteiger partial charge in [-0.25, -0.2) is 8.42 Å². The second kappa shape index (κ2) is 2.58. The molecule has 0 heterocycles. The van der Waals surface area contributed by atoms with Crippen molar-refractivity contribution in [3.8, 4) is 0 Å². The van der Waals surface area contributed by atoms with Crippen molar-refractivity contribution in [2.24, 2.45) is 0 Å². The SMILES string of the molecule is [CH2+]c1ccc(S(C)(=O)=O)cc1. The van der Waals surface area contributed by atoms with Crippen molar-refractivity contribution < 1.29 is 8.42 Å². The van der Waals surface area contributed by atoms with E-state index >= 15 is 0 Å². The highest BCUT2D eigenvalue weighted by atomic mass is 32.2. The largest absolute Gasteiger partial charge is 0.224 e. The molecule has 0 unspecified atom stereocenters. The zero-order valence-electron chi connectivity index (χ0n) is 6.24. The maximum absolute atomic E-state index is 10.9. The Morgan fingerprint density at radius 2 is 1.64 bits per heavy atom. The van der Waals surface area contributed by atoms with Crippen LogP contribution in [0.5, 0.6) is 0 Å². The number of benzene rings is 1. The van der Waals surface area contributed by atoms with Crippen LogP contribution < -0.4 is 0 Å². The van der Waals surface area contributed by atoms with Gasteiger partial charge in [-0.15, -0.1) is 0 Å². The van der Waals surface area contributed by atoms with Gasteiger partial charge in [-0.3, -0.25) is 0 Å². The summed E-state index contributed by atoms with van der Waals surface area (Å²) in [7, 11) is -3.05. The molecular weight excluding hydrogens is 160 g/mol. The van der Waals surface area contributed by atoms with Gasteiger partial charge in [0, 0.05) is 37.4 Å². The molecule has 1 aromatic carbocycles. The minimum Gasteiger partial charge on any atom is -0.224 e. The summed E-state index contributed by atoms with van der Waals surface area (Å²) >= 11 is 0. The van der Waals surface area contributed by atoms with Crippen LogP contribution in [0.1, 0.15) is 5.56 Å². The van der Waals surface area contributed by atoms with Gasteiger partial charge in [0.15, 0.2) is 9.84 Å². The lowest BCUT2D eigenvalue weighted by Gasteiger charge is -1.92. The molecule has 0 radical (unpaired) electrons. The Labute approximate surface area is 66.8 Å². The maximum Gasteiger partial charge on any atom is 0.177 e. The molecule has 1 aromatic rings. The van der Waals surface area contributed by atoms with Crippen molar-refractivity contribution >= 4 is 9.84 Å². The van der Waals surface area contributed by atoms with Crippen molar-refractivity contribution in [2.45, 2.75) is 4.90 Å². The van der Waals surface area contributed by atoms with Gasteiger partial charge in [-0.05, 0) is 0 Å². The van der Waals surface area contributed by atoms with Gasteiger partial charge in [-0.1, -0.05) is 0 Å². The Morgan fingerprint density at radius 3 is 2.00 bits per heavy atom. The monoisotopic (exact) mass is 169 g/mol. The molecular formula is C8H9O2S+. The van der Waals surface area contributed by atoms with Gasteiger partial charge >= 0.3 is 0 Å². The lowest BCUT2D eigenvalue weighted by Crippen LogP contribution is -1.95. The Morgan fingerprint density at radius 1 is 1.18 bits per heavy atom. The third kappa shape index (κ3) is 1.98. The first-order valence-corrected chi connectivity index (χ1v) is 5.01. The first kappa shape index (κ1) is 8.14. The lowest BCUT2D eigenvalue weighted by molar-refractivity contribution is 0.602. The summed E-state index contributed by atoms with van der Waals surface area (Å²) in [5, 5.41) is 0. The number of hydrogen-bond donors (Lipinski definition) is 0. The van der Waals surface area contributed by atoms with Gasteiger partial charge < -0.3 is 0 Å². The second-order valence-electron chi connectivity index (χ2n) is 2.42. The topological polar surface area (TPSA) is 34.1 Å². The molecule has 0 amide bonds. The molecule has 0 spiro atoms. The van der Waals surface area contributed by atoms with Crippen molar-refractivity contribution in [2.75, 3.05) is 6.26 Å². The molecule has 1 rings (SSSR count). The standard InChI is InChI=1S/C8H9O2S/c1-7-3-5-8(6-4-7)11(2,9)10/h3-6H,1H2,2H3/q+1. The van der Waals surface area contributed by atoms with Crippen LogP contribution in [0, 0.1) is 6.92 Å². The predicted molar refractivity (Wildman–Crippen MR) is 44.0 cm³/mol. The first-order valence-electron chi connectivity index (χ1n) is 3.12. The fourth-order valence-electron chi connectivity index (χ4n) is 0.737. The van der Waals surface area contributed by atoms with Crippen LogP contribution in [0.15, 0.2) is 29.2 Å². The van der Waals surface area contributed by atoms with Crippen LogP contribution in [0.3, 0.4) is 0 Å². The maximum atomic E-state index is 10.9. The zero-order valence-corrected chi connectivity index (χ0v) is 7.06. The molecule has 0 N–H and O–H groups in total. The van der Waals surface area contributed by atoms with E-state index in [4.69, 9.17) is 0 Å². The minimum atomic E-state index is -3.05. The van der Waals surface area contributed by atoms with E-state index in [0.717, 1.165) is 5.56 Å². The molecule has 0 saturated heterocycles. The lowest BCUT2D eigenvalue weighted by atomic mass is 10.2. The fraction of sp³-hybridized carbons (Fsp3) is 0.125. The average molecular weight is 169 g/mol. The third-order valence-corrected chi connectivity index (χ3v) is 2.48. The van der Waals surface area contributed by atoms with Gasteiger partial charge in [0.25, 0.3) is 0 Å². The number of hydrogen-bond acceptors (Lipinski definition) is 2. The van der Waals surface area contributed by atoms with E-state index in [2.05, 4.69) is 6.92 Å². The van der Waals surface area contributed by atoms with Gasteiger partial charge in [-0.2, -0.15) is 0 Å². The van der Waals surface area contributed by atoms with E-state index in [-0.39, 0.29) is 0 Å². The van der Waals surface area contributed by atoms with Gasteiger partial charge in [0.1, 0.15) is 5.56 Å². The van der Waals surface area contributed by atoms with E-state index in [1.54, 1.807) is 24.3 Å².